The van der Waals surface area contributed by atoms with Crippen molar-refractivity contribution >= 4 is 16.7 Å². The second-order valence-electron chi connectivity index (χ2n) is 4.51. The number of nitrogens with two attached hydrogens (primary N) is 1. The molecule has 0 radical (unpaired) electrons. The largest absolute Gasteiger partial charge is 0.383 e. The molecule has 0 unspecified atom stereocenters. The molecule has 18 heavy (non-hydrogen) atoms. The third-order valence-electron chi connectivity index (χ3n) is 3.33. The predicted molar refractivity (Wildman–Crippen MR) is 72.1 cm³/mol. The van der Waals surface area contributed by atoms with Crippen LogP contribution in [-0.2, 0) is 14.1 Å². The number of benzene rings is 1. The molecule has 92 valence electrons. The first kappa shape index (κ1) is 10.8. The van der Waals surface area contributed by atoms with E-state index in [2.05, 4.69) is 28.4 Å². The van der Waals surface area contributed by atoms with Gasteiger partial charge in [-0.15, -0.1) is 0 Å². The Morgan fingerprint density at radius 3 is 2.61 bits per heavy atom. The van der Waals surface area contributed by atoms with Gasteiger partial charge in [0.2, 0.25) is 0 Å². The summed E-state index contributed by atoms with van der Waals surface area (Å²) in [6, 6.07) is 6.24. The number of hydrogen-bond acceptors (Lipinski definition) is 3. The summed E-state index contributed by atoms with van der Waals surface area (Å²) in [6.45, 7) is 2.01. The van der Waals surface area contributed by atoms with Crippen molar-refractivity contribution in [2.75, 3.05) is 5.73 Å². The number of nitrogen functional groups attached to an aromatic ring is 1. The van der Waals surface area contributed by atoms with E-state index in [1.807, 2.05) is 25.7 Å². The Balaban J connectivity index is 2.25. The smallest absolute Gasteiger partial charge is 0.129 e. The number of aromatic nitrogens is 4. The molecule has 0 aliphatic carbocycles. The predicted octanol–water partition coefficient (Wildman–Crippen LogP) is 1.86. The highest BCUT2D eigenvalue weighted by Gasteiger charge is 2.10. The van der Waals surface area contributed by atoms with Gasteiger partial charge in [0.25, 0.3) is 0 Å². The molecule has 1 aromatic carbocycles. The van der Waals surface area contributed by atoms with Gasteiger partial charge in [-0.25, -0.2) is 0 Å². The van der Waals surface area contributed by atoms with E-state index in [1.54, 1.807) is 10.9 Å². The Labute approximate surface area is 105 Å². The van der Waals surface area contributed by atoms with Crippen LogP contribution < -0.4 is 5.73 Å². The Morgan fingerprint density at radius 2 is 1.94 bits per heavy atom. The van der Waals surface area contributed by atoms with Gasteiger partial charge in [-0.3, -0.25) is 9.36 Å². The summed E-state index contributed by atoms with van der Waals surface area (Å²) in [4.78, 5) is 0. The lowest BCUT2D eigenvalue weighted by molar-refractivity contribution is 0.779. The van der Waals surface area contributed by atoms with Crippen molar-refractivity contribution in [2.24, 2.45) is 14.1 Å². The zero-order valence-corrected chi connectivity index (χ0v) is 10.7. The Hall–Kier alpha value is -2.30. The summed E-state index contributed by atoms with van der Waals surface area (Å²) in [5, 5.41) is 9.76. The molecule has 3 aromatic rings. The summed E-state index contributed by atoms with van der Waals surface area (Å²) in [5.41, 5.74) is 10.2. The molecular weight excluding hydrogens is 226 g/mol. The maximum Gasteiger partial charge on any atom is 0.129 e. The minimum atomic E-state index is 0.674. The van der Waals surface area contributed by atoms with Crippen LogP contribution in [0.5, 0.6) is 0 Å². The number of nitrogens with zero attached hydrogens (tertiary/aromatic N) is 4. The zero-order valence-electron chi connectivity index (χ0n) is 10.7. The van der Waals surface area contributed by atoms with E-state index in [-0.39, 0.29) is 0 Å². The van der Waals surface area contributed by atoms with Crippen molar-refractivity contribution in [3.8, 4) is 11.1 Å². The molecule has 0 amide bonds. The van der Waals surface area contributed by atoms with Gasteiger partial charge in [0.1, 0.15) is 5.82 Å². The molecule has 0 spiro atoms. The minimum absolute atomic E-state index is 0.674. The molecular formula is C13H15N5. The standard InChI is InChI=1S/C13H15N5/c1-8-10-5-4-9(6-12(10)17(2)16-8)11-7-15-18(3)13(11)14/h4-7H,14H2,1-3H3. The van der Waals surface area contributed by atoms with Gasteiger partial charge in [0.15, 0.2) is 0 Å². The molecule has 3 rings (SSSR count). The van der Waals surface area contributed by atoms with E-state index < -0.39 is 0 Å². The van der Waals surface area contributed by atoms with Crippen molar-refractivity contribution in [1.82, 2.24) is 19.6 Å². The molecule has 2 heterocycles. The Bertz CT molecular complexity index is 735. The van der Waals surface area contributed by atoms with Gasteiger partial charge in [-0.1, -0.05) is 12.1 Å². The fourth-order valence-electron chi connectivity index (χ4n) is 2.28. The average Bonchev–Trinajstić information content (AvgIpc) is 2.82. The second-order valence-corrected chi connectivity index (χ2v) is 4.51. The first-order chi connectivity index (χ1) is 8.58. The highest BCUT2D eigenvalue weighted by molar-refractivity contribution is 5.88. The molecule has 0 fully saturated rings. The SMILES string of the molecule is Cc1nn(C)c2cc(-c3cnn(C)c3N)ccc12. The van der Waals surface area contributed by atoms with Crippen LogP contribution in [0, 0.1) is 6.92 Å². The molecule has 2 N–H and O–H groups in total. The number of aryl methyl sites for hydroxylation is 3. The van der Waals surface area contributed by atoms with Crippen molar-refractivity contribution in [2.45, 2.75) is 6.92 Å². The van der Waals surface area contributed by atoms with Crippen molar-refractivity contribution in [3.05, 3.63) is 30.1 Å². The summed E-state index contributed by atoms with van der Waals surface area (Å²) >= 11 is 0. The fourth-order valence-corrected chi connectivity index (χ4v) is 2.28. The van der Waals surface area contributed by atoms with Crippen molar-refractivity contribution in [3.63, 3.8) is 0 Å². The lowest BCUT2D eigenvalue weighted by Crippen LogP contribution is -1.98. The van der Waals surface area contributed by atoms with Crippen LogP contribution in [-0.4, -0.2) is 19.6 Å². The van der Waals surface area contributed by atoms with Gasteiger partial charge < -0.3 is 5.73 Å². The van der Waals surface area contributed by atoms with Crippen molar-refractivity contribution in [1.29, 1.82) is 0 Å². The van der Waals surface area contributed by atoms with Crippen LogP contribution in [0.1, 0.15) is 5.69 Å². The summed E-state index contributed by atoms with van der Waals surface area (Å²) < 4.78 is 3.56. The van der Waals surface area contributed by atoms with Crippen LogP contribution in [0.4, 0.5) is 5.82 Å². The van der Waals surface area contributed by atoms with Crippen LogP contribution >= 0.6 is 0 Å². The topological polar surface area (TPSA) is 61.7 Å². The summed E-state index contributed by atoms with van der Waals surface area (Å²) in [6.07, 6.45) is 1.79. The second kappa shape index (κ2) is 3.60. The quantitative estimate of drug-likeness (QED) is 0.707. The number of anilines is 1. The number of hydrogen-bond donors (Lipinski definition) is 1. The molecule has 0 saturated carbocycles. The highest BCUT2D eigenvalue weighted by atomic mass is 15.3. The van der Waals surface area contributed by atoms with Gasteiger partial charge in [0.05, 0.1) is 17.4 Å². The molecule has 0 aliphatic heterocycles. The van der Waals surface area contributed by atoms with Crippen LogP contribution in [0.15, 0.2) is 24.4 Å². The molecule has 5 nitrogen and oxygen atoms in total. The zero-order chi connectivity index (χ0) is 12.9. The first-order valence-corrected chi connectivity index (χ1v) is 5.79. The molecule has 0 bridgehead atoms. The van der Waals surface area contributed by atoms with E-state index in [9.17, 15) is 0 Å². The van der Waals surface area contributed by atoms with E-state index >= 15 is 0 Å². The van der Waals surface area contributed by atoms with E-state index in [1.165, 1.54) is 5.39 Å². The fraction of sp³-hybridized carbons (Fsp3) is 0.231. The maximum atomic E-state index is 6.00. The van der Waals surface area contributed by atoms with Gasteiger partial charge in [-0.05, 0) is 18.6 Å². The van der Waals surface area contributed by atoms with Gasteiger partial charge in [-0.2, -0.15) is 10.2 Å². The highest BCUT2D eigenvalue weighted by Crippen LogP contribution is 2.29. The molecule has 2 aromatic heterocycles. The normalized spacial score (nSPS) is 11.3. The Morgan fingerprint density at radius 1 is 1.17 bits per heavy atom. The molecule has 0 aliphatic rings. The maximum absolute atomic E-state index is 6.00. The monoisotopic (exact) mass is 241 g/mol. The minimum Gasteiger partial charge on any atom is -0.383 e. The summed E-state index contributed by atoms with van der Waals surface area (Å²) in [5.74, 6) is 0.674. The molecule has 5 heteroatoms. The molecule has 0 saturated heterocycles. The van der Waals surface area contributed by atoms with E-state index in [4.69, 9.17) is 5.73 Å². The number of fused-ring (bicyclic) bond motifs is 1. The molecule has 0 atom stereocenters. The third-order valence-corrected chi connectivity index (χ3v) is 3.33. The van der Waals surface area contributed by atoms with Crippen LogP contribution in [0.2, 0.25) is 0 Å². The lowest BCUT2D eigenvalue weighted by atomic mass is 10.1. The average molecular weight is 241 g/mol. The Kier molecular flexibility index (Phi) is 2.16. The van der Waals surface area contributed by atoms with Gasteiger partial charge >= 0.3 is 0 Å². The number of rotatable bonds is 1. The third kappa shape index (κ3) is 1.40. The van der Waals surface area contributed by atoms with Gasteiger partial charge in [0, 0.05) is 25.0 Å². The lowest BCUT2D eigenvalue weighted by Gasteiger charge is -2.02. The van der Waals surface area contributed by atoms with E-state index in [0.29, 0.717) is 5.82 Å². The van der Waals surface area contributed by atoms with E-state index in [0.717, 1.165) is 22.3 Å². The van der Waals surface area contributed by atoms with Crippen molar-refractivity contribution < 1.29 is 0 Å². The summed E-state index contributed by atoms with van der Waals surface area (Å²) in [7, 11) is 3.79. The first-order valence-electron chi connectivity index (χ1n) is 5.79. The van der Waals surface area contributed by atoms with Crippen LogP contribution in [0.25, 0.3) is 22.0 Å². The van der Waals surface area contributed by atoms with Crippen LogP contribution in [0.3, 0.4) is 0 Å².